The van der Waals surface area contributed by atoms with Gasteiger partial charge in [0.15, 0.2) is 5.82 Å². The van der Waals surface area contributed by atoms with Gasteiger partial charge in [0.1, 0.15) is 23.0 Å². The second kappa shape index (κ2) is 6.40. The van der Waals surface area contributed by atoms with E-state index in [2.05, 4.69) is 15.9 Å². The first-order valence-corrected chi connectivity index (χ1v) is 7.08. The predicted molar refractivity (Wildman–Crippen MR) is 78.9 cm³/mol. The molecular formula is C14H11BrClFN2O. The molecule has 2 aromatic rings. The molecule has 0 unspecified atom stereocenters. The van der Waals surface area contributed by atoms with Crippen LogP contribution in [-0.2, 0) is 11.5 Å². The van der Waals surface area contributed by atoms with E-state index in [1.54, 1.807) is 28.8 Å². The Hall–Kier alpha value is -1.35. The minimum atomic E-state index is -0.568. The van der Waals surface area contributed by atoms with Gasteiger partial charge in [-0.2, -0.15) is 5.26 Å². The van der Waals surface area contributed by atoms with Crippen LogP contribution in [0.15, 0.2) is 28.9 Å². The van der Waals surface area contributed by atoms with Crippen LogP contribution < -0.4 is 0 Å². The number of aromatic nitrogens is 1. The van der Waals surface area contributed by atoms with Gasteiger partial charge in [0.2, 0.25) is 0 Å². The summed E-state index contributed by atoms with van der Waals surface area (Å²) in [6.45, 7) is 2.50. The summed E-state index contributed by atoms with van der Waals surface area (Å²) in [4.78, 5) is 0. The Morgan fingerprint density at radius 3 is 2.60 bits per heavy atom. The summed E-state index contributed by atoms with van der Waals surface area (Å²) in [5.41, 5.74) is 0.905. The van der Waals surface area contributed by atoms with Gasteiger partial charge in [0.05, 0.1) is 5.69 Å². The fourth-order valence-electron chi connectivity index (χ4n) is 1.85. The molecule has 0 fully saturated rings. The van der Waals surface area contributed by atoms with E-state index in [1.165, 1.54) is 0 Å². The molecule has 104 valence electrons. The number of nitriles is 1. The molecule has 6 heteroatoms. The number of rotatable bonds is 4. The summed E-state index contributed by atoms with van der Waals surface area (Å²) in [6.07, 6.45) is 0. The van der Waals surface area contributed by atoms with E-state index in [-0.39, 0.29) is 12.3 Å². The standard InChI is InChI=1S/C14H11BrClFN2O/c1-2-20-8-19-13(9-3-5-10(16)6-4-9)12(17)11(7-18)14(19)15/h3-6H,2,8H2,1H3. The van der Waals surface area contributed by atoms with E-state index in [1.807, 2.05) is 13.0 Å². The number of halogens is 3. The highest BCUT2D eigenvalue weighted by molar-refractivity contribution is 9.10. The van der Waals surface area contributed by atoms with Crippen molar-refractivity contribution in [3.05, 3.63) is 45.3 Å². The quantitative estimate of drug-likeness (QED) is 0.803. The van der Waals surface area contributed by atoms with E-state index in [4.69, 9.17) is 21.6 Å². The zero-order valence-corrected chi connectivity index (χ0v) is 13.0. The average Bonchev–Trinajstić information content (AvgIpc) is 2.68. The van der Waals surface area contributed by atoms with E-state index in [0.717, 1.165) is 0 Å². The van der Waals surface area contributed by atoms with Crippen molar-refractivity contribution in [2.45, 2.75) is 13.7 Å². The first-order valence-electron chi connectivity index (χ1n) is 5.91. The van der Waals surface area contributed by atoms with Gasteiger partial charge in [-0.1, -0.05) is 23.7 Å². The molecule has 20 heavy (non-hydrogen) atoms. The minimum absolute atomic E-state index is 0.0327. The summed E-state index contributed by atoms with van der Waals surface area (Å²) in [7, 11) is 0. The summed E-state index contributed by atoms with van der Waals surface area (Å²) in [6, 6.07) is 8.62. The van der Waals surface area contributed by atoms with Gasteiger partial charge in [0.25, 0.3) is 0 Å². The largest absolute Gasteiger partial charge is 0.361 e. The number of benzene rings is 1. The molecule has 0 bridgehead atoms. The molecule has 0 aliphatic rings. The highest BCUT2D eigenvalue weighted by atomic mass is 79.9. The third-order valence-electron chi connectivity index (χ3n) is 2.79. The van der Waals surface area contributed by atoms with Gasteiger partial charge >= 0.3 is 0 Å². The van der Waals surface area contributed by atoms with Crippen molar-refractivity contribution in [2.24, 2.45) is 0 Å². The summed E-state index contributed by atoms with van der Waals surface area (Å²) >= 11 is 9.09. The van der Waals surface area contributed by atoms with Crippen molar-refractivity contribution >= 4 is 27.5 Å². The average molecular weight is 358 g/mol. The second-order valence-corrected chi connectivity index (χ2v) is 5.18. The molecule has 2 rings (SSSR count). The smallest absolute Gasteiger partial charge is 0.167 e. The zero-order chi connectivity index (χ0) is 14.7. The highest BCUT2D eigenvalue weighted by Crippen LogP contribution is 2.33. The summed E-state index contributed by atoms with van der Waals surface area (Å²) in [5, 5.41) is 9.62. The SMILES string of the molecule is CCOCn1c(Br)c(C#N)c(F)c1-c1ccc(Cl)cc1. The van der Waals surface area contributed by atoms with Crippen LogP contribution in [0.4, 0.5) is 4.39 Å². The Labute approximate surface area is 129 Å². The van der Waals surface area contributed by atoms with Crippen molar-refractivity contribution in [1.82, 2.24) is 4.57 Å². The maximum atomic E-state index is 14.4. The lowest BCUT2D eigenvalue weighted by Gasteiger charge is -2.10. The van der Waals surface area contributed by atoms with Crippen LogP contribution in [0, 0.1) is 17.1 Å². The third kappa shape index (κ3) is 2.73. The third-order valence-corrected chi connectivity index (χ3v) is 3.87. The maximum absolute atomic E-state index is 14.4. The maximum Gasteiger partial charge on any atom is 0.167 e. The van der Waals surface area contributed by atoms with E-state index in [9.17, 15) is 4.39 Å². The molecule has 0 radical (unpaired) electrons. The molecule has 1 aromatic heterocycles. The van der Waals surface area contributed by atoms with Crippen LogP contribution in [-0.4, -0.2) is 11.2 Å². The topological polar surface area (TPSA) is 38.0 Å². The van der Waals surface area contributed by atoms with Crippen molar-refractivity contribution in [3.8, 4) is 17.3 Å². The van der Waals surface area contributed by atoms with Crippen molar-refractivity contribution < 1.29 is 9.13 Å². The Kier molecular flexibility index (Phi) is 4.81. The van der Waals surface area contributed by atoms with Gasteiger partial charge < -0.3 is 9.30 Å². The molecule has 0 spiro atoms. The fraction of sp³-hybridized carbons (Fsp3) is 0.214. The van der Waals surface area contributed by atoms with E-state index in [0.29, 0.717) is 27.5 Å². The molecule has 0 aliphatic carbocycles. The van der Waals surface area contributed by atoms with Gasteiger partial charge in [-0.05, 0) is 35.0 Å². The van der Waals surface area contributed by atoms with Crippen LogP contribution in [0.5, 0.6) is 0 Å². The fourth-order valence-corrected chi connectivity index (χ4v) is 2.52. The lowest BCUT2D eigenvalue weighted by atomic mass is 10.1. The zero-order valence-electron chi connectivity index (χ0n) is 10.7. The molecule has 0 saturated heterocycles. The van der Waals surface area contributed by atoms with Crippen molar-refractivity contribution in [1.29, 1.82) is 5.26 Å². The molecule has 3 nitrogen and oxygen atoms in total. The molecular weight excluding hydrogens is 347 g/mol. The molecule has 0 saturated carbocycles. The van der Waals surface area contributed by atoms with Crippen LogP contribution in [0.3, 0.4) is 0 Å². The Morgan fingerprint density at radius 2 is 2.05 bits per heavy atom. The number of nitrogens with zero attached hydrogens (tertiary/aromatic N) is 2. The minimum Gasteiger partial charge on any atom is -0.361 e. The van der Waals surface area contributed by atoms with Gasteiger partial charge in [-0.3, -0.25) is 0 Å². The first kappa shape index (κ1) is 15.0. The second-order valence-electron chi connectivity index (χ2n) is 4.00. The van der Waals surface area contributed by atoms with Crippen molar-refractivity contribution in [2.75, 3.05) is 6.61 Å². The lowest BCUT2D eigenvalue weighted by Crippen LogP contribution is -2.04. The number of hydrogen-bond donors (Lipinski definition) is 0. The molecule has 0 amide bonds. The molecule has 1 aromatic carbocycles. The van der Waals surface area contributed by atoms with Gasteiger partial charge in [-0.15, -0.1) is 0 Å². The summed E-state index contributed by atoms with van der Waals surface area (Å²) < 4.78 is 21.7. The monoisotopic (exact) mass is 356 g/mol. The first-order chi connectivity index (χ1) is 9.60. The Bertz CT molecular complexity index is 661. The molecule has 0 aliphatic heterocycles. The Morgan fingerprint density at radius 1 is 1.40 bits per heavy atom. The van der Waals surface area contributed by atoms with Crippen LogP contribution in [0.2, 0.25) is 5.02 Å². The molecule has 0 N–H and O–H groups in total. The number of ether oxygens (including phenoxy) is 1. The van der Waals surface area contributed by atoms with Crippen molar-refractivity contribution in [3.63, 3.8) is 0 Å². The predicted octanol–water partition coefficient (Wildman–Crippen LogP) is 4.58. The Balaban J connectivity index is 2.61. The molecule has 1 heterocycles. The van der Waals surface area contributed by atoms with Crippen LogP contribution in [0.1, 0.15) is 12.5 Å². The van der Waals surface area contributed by atoms with Gasteiger partial charge in [0, 0.05) is 17.2 Å². The summed E-state index contributed by atoms with van der Waals surface area (Å²) in [5.74, 6) is -0.568. The van der Waals surface area contributed by atoms with E-state index < -0.39 is 5.82 Å². The van der Waals surface area contributed by atoms with Crippen LogP contribution >= 0.6 is 27.5 Å². The van der Waals surface area contributed by atoms with Gasteiger partial charge in [-0.25, -0.2) is 4.39 Å². The highest BCUT2D eigenvalue weighted by Gasteiger charge is 2.22. The van der Waals surface area contributed by atoms with Crippen LogP contribution in [0.25, 0.3) is 11.3 Å². The number of hydrogen-bond acceptors (Lipinski definition) is 2. The van der Waals surface area contributed by atoms with E-state index >= 15 is 0 Å². The molecule has 0 atom stereocenters. The lowest BCUT2D eigenvalue weighted by molar-refractivity contribution is 0.0875. The normalized spacial score (nSPS) is 10.6.